The van der Waals surface area contributed by atoms with Gasteiger partial charge in [0.2, 0.25) is 5.91 Å². The largest absolute Gasteiger partial charge is 0.467 e. The third-order valence-electron chi connectivity index (χ3n) is 6.03. The normalized spacial score (nSPS) is 22.6. The Morgan fingerprint density at radius 1 is 1.07 bits per heavy atom. The third-order valence-corrected chi connectivity index (χ3v) is 7.78. The van der Waals surface area contributed by atoms with Crippen LogP contribution in [-0.2, 0) is 14.6 Å². The van der Waals surface area contributed by atoms with E-state index in [1.165, 1.54) is 0 Å². The standard InChI is InChI=1S/C22H28N2O4S/c25-21(24(18-9-4-5-10-18)19-12-14-29(26,27)16-19)15-23-22(20-11-6-13-28-20)17-7-2-1-3-8-17/h1-3,6-8,11,13,18-19,22-23H,4-5,9-10,12,14-16H2/t19-,22+/m0/s1. The maximum Gasteiger partial charge on any atom is 0.237 e. The molecule has 6 nitrogen and oxygen atoms in total. The Morgan fingerprint density at radius 3 is 2.45 bits per heavy atom. The predicted octanol–water partition coefficient (Wildman–Crippen LogP) is 2.92. The first-order valence-electron chi connectivity index (χ1n) is 10.4. The average Bonchev–Trinajstić information content (AvgIpc) is 3.46. The molecular formula is C22H28N2O4S. The third kappa shape index (κ3) is 4.73. The molecule has 1 aliphatic carbocycles. The van der Waals surface area contributed by atoms with Crippen LogP contribution in [0.3, 0.4) is 0 Å². The monoisotopic (exact) mass is 416 g/mol. The molecule has 4 rings (SSSR count). The van der Waals surface area contributed by atoms with Crippen molar-refractivity contribution in [2.24, 2.45) is 0 Å². The highest BCUT2D eigenvalue weighted by Gasteiger charge is 2.39. The number of rotatable bonds is 7. The van der Waals surface area contributed by atoms with E-state index in [1.54, 1.807) is 6.26 Å². The molecule has 1 aliphatic heterocycles. The average molecular weight is 417 g/mol. The zero-order chi connectivity index (χ0) is 20.3. The Morgan fingerprint density at radius 2 is 1.83 bits per heavy atom. The number of furan rings is 1. The molecule has 1 aromatic heterocycles. The van der Waals surface area contributed by atoms with Gasteiger partial charge < -0.3 is 9.32 Å². The van der Waals surface area contributed by atoms with Gasteiger partial charge in [0, 0.05) is 12.1 Å². The first-order valence-corrected chi connectivity index (χ1v) is 12.2. The fraction of sp³-hybridized carbons (Fsp3) is 0.500. The fourth-order valence-electron chi connectivity index (χ4n) is 4.65. The molecule has 29 heavy (non-hydrogen) atoms. The summed E-state index contributed by atoms with van der Waals surface area (Å²) in [6.45, 7) is 0.146. The maximum atomic E-state index is 13.3. The van der Waals surface area contributed by atoms with Crippen molar-refractivity contribution in [1.82, 2.24) is 10.2 Å². The molecule has 1 amide bonds. The van der Waals surface area contributed by atoms with Crippen LogP contribution in [0.15, 0.2) is 53.1 Å². The molecule has 2 aromatic rings. The van der Waals surface area contributed by atoms with Crippen LogP contribution in [0.1, 0.15) is 49.5 Å². The Labute approximate surface area is 172 Å². The first-order chi connectivity index (χ1) is 14.0. The van der Waals surface area contributed by atoms with Crippen LogP contribution in [0, 0.1) is 0 Å². The minimum atomic E-state index is -3.04. The van der Waals surface area contributed by atoms with E-state index in [1.807, 2.05) is 47.4 Å². The van der Waals surface area contributed by atoms with Crippen molar-refractivity contribution in [2.45, 2.75) is 50.2 Å². The molecule has 1 saturated heterocycles. The lowest BCUT2D eigenvalue weighted by Crippen LogP contribution is -2.50. The Bertz CT molecular complexity index is 906. The van der Waals surface area contributed by atoms with Crippen molar-refractivity contribution < 1.29 is 17.6 Å². The van der Waals surface area contributed by atoms with E-state index >= 15 is 0 Å². The fourth-order valence-corrected chi connectivity index (χ4v) is 6.36. The molecule has 0 bridgehead atoms. The van der Waals surface area contributed by atoms with Crippen molar-refractivity contribution in [3.8, 4) is 0 Å². The summed E-state index contributed by atoms with van der Waals surface area (Å²) in [6, 6.07) is 13.3. The number of carbonyl (C=O) groups excluding carboxylic acids is 1. The van der Waals surface area contributed by atoms with E-state index in [-0.39, 0.29) is 42.1 Å². The van der Waals surface area contributed by atoms with Crippen LogP contribution >= 0.6 is 0 Å². The van der Waals surface area contributed by atoms with Gasteiger partial charge in [0.05, 0.1) is 30.4 Å². The summed E-state index contributed by atoms with van der Waals surface area (Å²) in [5.74, 6) is 1.00. The highest BCUT2D eigenvalue weighted by molar-refractivity contribution is 7.91. The smallest absolute Gasteiger partial charge is 0.237 e. The molecule has 2 atom stereocenters. The van der Waals surface area contributed by atoms with Crippen LogP contribution in [-0.4, -0.2) is 49.4 Å². The van der Waals surface area contributed by atoms with E-state index in [0.29, 0.717) is 6.42 Å². The van der Waals surface area contributed by atoms with E-state index in [9.17, 15) is 13.2 Å². The van der Waals surface area contributed by atoms with Gasteiger partial charge in [-0.15, -0.1) is 0 Å². The summed E-state index contributed by atoms with van der Waals surface area (Å²) in [7, 11) is -3.04. The summed E-state index contributed by atoms with van der Waals surface area (Å²) >= 11 is 0. The van der Waals surface area contributed by atoms with E-state index in [0.717, 1.165) is 37.0 Å². The topological polar surface area (TPSA) is 79.6 Å². The van der Waals surface area contributed by atoms with Crippen molar-refractivity contribution in [2.75, 3.05) is 18.1 Å². The molecule has 1 N–H and O–H groups in total. The predicted molar refractivity (Wildman–Crippen MR) is 111 cm³/mol. The maximum absolute atomic E-state index is 13.3. The zero-order valence-electron chi connectivity index (χ0n) is 16.5. The second-order valence-electron chi connectivity index (χ2n) is 8.04. The van der Waals surface area contributed by atoms with Gasteiger partial charge in [-0.2, -0.15) is 0 Å². The number of carbonyl (C=O) groups is 1. The van der Waals surface area contributed by atoms with Gasteiger partial charge in [0.1, 0.15) is 5.76 Å². The minimum absolute atomic E-state index is 0.0218. The number of amides is 1. The summed E-state index contributed by atoms with van der Waals surface area (Å²) < 4.78 is 29.6. The second-order valence-corrected chi connectivity index (χ2v) is 10.3. The highest BCUT2D eigenvalue weighted by Crippen LogP contribution is 2.29. The van der Waals surface area contributed by atoms with Crippen LogP contribution < -0.4 is 5.32 Å². The molecule has 156 valence electrons. The van der Waals surface area contributed by atoms with Crippen molar-refractivity contribution >= 4 is 15.7 Å². The van der Waals surface area contributed by atoms with Crippen molar-refractivity contribution in [3.63, 3.8) is 0 Å². The van der Waals surface area contributed by atoms with Gasteiger partial charge in [-0.3, -0.25) is 10.1 Å². The Hall–Kier alpha value is -2.12. The molecule has 1 saturated carbocycles. The van der Waals surface area contributed by atoms with E-state index in [2.05, 4.69) is 5.32 Å². The molecule has 0 spiro atoms. The lowest BCUT2D eigenvalue weighted by Gasteiger charge is -2.34. The number of benzene rings is 1. The summed E-state index contributed by atoms with van der Waals surface area (Å²) in [5, 5.41) is 3.35. The molecule has 2 fully saturated rings. The quantitative estimate of drug-likeness (QED) is 0.751. The lowest BCUT2D eigenvalue weighted by atomic mass is 10.0. The highest BCUT2D eigenvalue weighted by atomic mass is 32.2. The second kappa shape index (κ2) is 8.71. The van der Waals surface area contributed by atoms with Gasteiger partial charge in [0.25, 0.3) is 0 Å². The summed E-state index contributed by atoms with van der Waals surface area (Å²) in [4.78, 5) is 15.2. The van der Waals surface area contributed by atoms with E-state index < -0.39 is 9.84 Å². The Balaban J connectivity index is 1.50. The number of nitrogens with one attached hydrogen (secondary N) is 1. The molecule has 2 heterocycles. The van der Waals surface area contributed by atoms with Crippen molar-refractivity contribution in [1.29, 1.82) is 0 Å². The zero-order valence-corrected chi connectivity index (χ0v) is 17.3. The van der Waals surface area contributed by atoms with Gasteiger partial charge in [-0.1, -0.05) is 43.2 Å². The molecule has 0 unspecified atom stereocenters. The lowest BCUT2D eigenvalue weighted by molar-refractivity contribution is -0.134. The summed E-state index contributed by atoms with van der Waals surface area (Å²) in [5.41, 5.74) is 1.02. The SMILES string of the molecule is O=C(CN[C@H](c1ccccc1)c1ccco1)N(C1CCCC1)[C@H]1CCS(=O)(=O)C1. The van der Waals surface area contributed by atoms with Crippen LogP contribution in [0.25, 0.3) is 0 Å². The molecule has 1 aromatic carbocycles. The van der Waals surface area contributed by atoms with E-state index in [4.69, 9.17) is 4.42 Å². The Kier molecular flexibility index (Phi) is 6.06. The van der Waals surface area contributed by atoms with Gasteiger partial charge in [0.15, 0.2) is 9.84 Å². The van der Waals surface area contributed by atoms with Gasteiger partial charge >= 0.3 is 0 Å². The summed E-state index contributed by atoms with van der Waals surface area (Å²) in [6.07, 6.45) is 6.29. The van der Waals surface area contributed by atoms with Crippen LogP contribution in [0.4, 0.5) is 0 Å². The van der Waals surface area contributed by atoms with Gasteiger partial charge in [-0.25, -0.2) is 8.42 Å². The van der Waals surface area contributed by atoms with Gasteiger partial charge in [-0.05, 0) is 37.0 Å². The van der Waals surface area contributed by atoms with Crippen LogP contribution in [0.2, 0.25) is 0 Å². The number of hydrogen-bond donors (Lipinski definition) is 1. The molecule has 2 aliphatic rings. The minimum Gasteiger partial charge on any atom is -0.467 e. The number of sulfone groups is 1. The van der Waals surface area contributed by atoms with Crippen LogP contribution in [0.5, 0.6) is 0 Å². The first kappa shape index (κ1) is 20.2. The molecule has 0 radical (unpaired) electrons. The number of nitrogens with zero attached hydrogens (tertiary/aromatic N) is 1. The molecular weight excluding hydrogens is 388 g/mol. The molecule has 7 heteroatoms. The number of hydrogen-bond acceptors (Lipinski definition) is 5. The van der Waals surface area contributed by atoms with Crippen molar-refractivity contribution in [3.05, 3.63) is 60.1 Å².